The molecule has 2 aromatic rings. The third kappa shape index (κ3) is 7.15. The van der Waals surface area contributed by atoms with Gasteiger partial charge in [-0.2, -0.15) is 0 Å². The van der Waals surface area contributed by atoms with Crippen LogP contribution in [-0.2, 0) is 16.0 Å². The minimum absolute atomic E-state index is 0.0659. The van der Waals surface area contributed by atoms with Crippen LogP contribution < -0.4 is 20.1 Å². The molecule has 0 radical (unpaired) electrons. The Hall–Kier alpha value is -3.28. The van der Waals surface area contributed by atoms with E-state index in [1.165, 1.54) is 6.08 Å². The van der Waals surface area contributed by atoms with Gasteiger partial charge in [-0.05, 0) is 35.8 Å². The lowest BCUT2D eigenvalue weighted by Crippen LogP contribution is -2.34. The SMILES string of the molecule is COc1ccc(CCC(=O)NCCNC(=O)/C=C/c2ccccc2)cc1OC. The largest absolute Gasteiger partial charge is 0.493 e. The fourth-order valence-electron chi connectivity index (χ4n) is 2.57. The van der Waals surface area contributed by atoms with Crippen LogP contribution in [-0.4, -0.2) is 39.1 Å². The van der Waals surface area contributed by atoms with E-state index in [9.17, 15) is 9.59 Å². The van der Waals surface area contributed by atoms with Gasteiger partial charge in [-0.25, -0.2) is 0 Å². The molecule has 2 aromatic carbocycles. The Morgan fingerprint density at radius 2 is 1.64 bits per heavy atom. The number of nitrogens with one attached hydrogen (secondary N) is 2. The molecular formula is C22H26N2O4. The van der Waals surface area contributed by atoms with Crippen LogP contribution >= 0.6 is 0 Å². The highest BCUT2D eigenvalue weighted by Crippen LogP contribution is 2.27. The monoisotopic (exact) mass is 382 g/mol. The van der Waals surface area contributed by atoms with E-state index < -0.39 is 0 Å². The Labute approximate surface area is 165 Å². The summed E-state index contributed by atoms with van der Waals surface area (Å²) in [4.78, 5) is 23.7. The lowest BCUT2D eigenvalue weighted by atomic mass is 10.1. The summed E-state index contributed by atoms with van der Waals surface area (Å²) < 4.78 is 10.5. The molecule has 2 rings (SSSR count). The molecule has 0 aliphatic carbocycles. The number of hydrogen-bond acceptors (Lipinski definition) is 4. The van der Waals surface area contributed by atoms with Gasteiger partial charge in [0.25, 0.3) is 0 Å². The highest BCUT2D eigenvalue weighted by atomic mass is 16.5. The maximum atomic E-state index is 12.0. The molecule has 0 spiro atoms. The van der Waals surface area contributed by atoms with Crippen LogP contribution in [0.3, 0.4) is 0 Å². The average Bonchev–Trinajstić information content (AvgIpc) is 2.74. The van der Waals surface area contributed by atoms with Gasteiger partial charge >= 0.3 is 0 Å². The van der Waals surface area contributed by atoms with Crippen molar-refractivity contribution in [3.63, 3.8) is 0 Å². The lowest BCUT2D eigenvalue weighted by Gasteiger charge is -2.10. The van der Waals surface area contributed by atoms with Crippen LogP contribution in [0.15, 0.2) is 54.6 Å². The van der Waals surface area contributed by atoms with Crippen LogP contribution in [0.25, 0.3) is 6.08 Å². The molecule has 0 bridgehead atoms. The summed E-state index contributed by atoms with van der Waals surface area (Å²) in [6, 6.07) is 15.2. The van der Waals surface area contributed by atoms with Gasteiger partial charge < -0.3 is 20.1 Å². The van der Waals surface area contributed by atoms with Crippen molar-refractivity contribution < 1.29 is 19.1 Å². The normalized spacial score (nSPS) is 10.5. The zero-order chi connectivity index (χ0) is 20.2. The van der Waals surface area contributed by atoms with Gasteiger partial charge in [-0.15, -0.1) is 0 Å². The number of methoxy groups -OCH3 is 2. The Balaban J connectivity index is 1.65. The fraction of sp³-hybridized carbons (Fsp3) is 0.273. The molecule has 0 heterocycles. The number of rotatable bonds is 10. The molecule has 2 N–H and O–H groups in total. The van der Waals surface area contributed by atoms with Crippen LogP contribution in [0, 0.1) is 0 Å². The van der Waals surface area contributed by atoms with Crippen molar-refractivity contribution in [1.82, 2.24) is 10.6 Å². The molecule has 0 aliphatic heterocycles. The summed E-state index contributed by atoms with van der Waals surface area (Å²) in [5.74, 6) is 1.05. The summed E-state index contributed by atoms with van der Waals surface area (Å²) in [6.07, 6.45) is 4.18. The Morgan fingerprint density at radius 3 is 2.36 bits per heavy atom. The van der Waals surface area contributed by atoms with Crippen molar-refractivity contribution in [3.05, 3.63) is 65.7 Å². The van der Waals surface area contributed by atoms with Crippen molar-refractivity contribution in [1.29, 1.82) is 0 Å². The number of aryl methyl sites for hydroxylation is 1. The molecule has 0 saturated heterocycles. The van der Waals surface area contributed by atoms with E-state index in [-0.39, 0.29) is 11.8 Å². The molecule has 148 valence electrons. The summed E-state index contributed by atoms with van der Waals surface area (Å²) in [5, 5.41) is 5.54. The highest BCUT2D eigenvalue weighted by molar-refractivity contribution is 5.91. The van der Waals surface area contributed by atoms with E-state index in [1.807, 2.05) is 48.5 Å². The van der Waals surface area contributed by atoms with Gasteiger partial charge in [0.2, 0.25) is 11.8 Å². The van der Waals surface area contributed by atoms with Crippen molar-refractivity contribution in [2.24, 2.45) is 0 Å². The number of ether oxygens (including phenoxy) is 2. The van der Waals surface area contributed by atoms with E-state index in [1.54, 1.807) is 20.3 Å². The van der Waals surface area contributed by atoms with Crippen LogP contribution in [0.2, 0.25) is 0 Å². The highest BCUT2D eigenvalue weighted by Gasteiger charge is 2.07. The summed E-state index contributed by atoms with van der Waals surface area (Å²) in [7, 11) is 3.17. The first kappa shape index (κ1) is 21.0. The molecule has 0 aliphatic rings. The number of benzene rings is 2. The molecule has 0 aromatic heterocycles. The van der Waals surface area contributed by atoms with Gasteiger partial charge in [0.1, 0.15) is 0 Å². The maximum Gasteiger partial charge on any atom is 0.244 e. The molecule has 6 heteroatoms. The molecule has 0 fully saturated rings. The van der Waals surface area contributed by atoms with Crippen LogP contribution in [0.4, 0.5) is 0 Å². The predicted molar refractivity (Wildman–Crippen MR) is 109 cm³/mol. The van der Waals surface area contributed by atoms with E-state index in [0.717, 1.165) is 11.1 Å². The van der Waals surface area contributed by atoms with Crippen molar-refractivity contribution >= 4 is 17.9 Å². The first-order valence-electron chi connectivity index (χ1n) is 9.11. The van der Waals surface area contributed by atoms with E-state index in [0.29, 0.717) is 37.4 Å². The lowest BCUT2D eigenvalue weighted by molar-refractivity contribution is -0.121. The Morgan fingerprint density at radius 1 is 0.929 bits per heavy atom. The first-order chi connectivity index (χ1) is 13.6. The third-order valence-corrected chi connectivity index (χ3v) is 4.06. The maximum absolute atomic E-state index is 12.0. The van der Waals surface area contributed by atoms with Crippen molar-refractivity contribution in [2.45, 2.75) is 12.8 Å². The average molecular weight is 382 g/mol. The summed E-state index contributed by atoms with van der Waals surface area (Å²) >= 11 is 0. The molecular weight excluding hydrogens is 356 g/mol. The predicted octanol–water partition coefficient (Wildman–Crippen LogP) is 2.58. The molecule has 2 amide bonds. The van der Waals surface area contributed by atoms with Gasteiger partial charge in [-0.1, -0.05) is 36.4 Å². The van der Waals surface area contributed by atoms with Gasteiger partial charge in [0.05, 0.1) is 14.2 Å². The quantitative estimate of drug-likeness (QED) is 0.489. The summed E-state index contributed by atoms with van der Waals surface area (Å²) in [6.45, 7) is 0.760. The molecule has 0 unspecified atom stereocenters. The van der Waals surface area contributed by atoms with Crippen LogP contribution in [0.1, 0.15) is 17.5 Å². The smallest absolute Gasteiger partial charge is 0.244 e. The van der Waals surface area contributed by atoms with E-state index in [4.69, 9.17) is 9.47 Å². The van der Waals surface area contributed by atoms with Crippen molar-refractivity contribution in [3.8, 4) is 11.5 Å². The molecule has 6 nitrogen and oxygen atoms in total. The minimum atomic E-state index is -0.191. The number of carbonyl (C=O) groups is 2. The van der Waals surface area contributed by atoms with Gasteiger partial charge in [0, 0.05) is 25.6 Å². The van der Waals surface area contributed by atoms with Crippen molar-refractivity contribution in [2.75, 3.05) is 27.3 Å². The van der Waals surface area contributed by atoms with Gasteiger partial charge in [0.15, 0.2) is 11.5 Å². The number of hydrogen-bond donors (Lipinski definition) is 2. The summed E-state index contributed by atoms with van der Waals surface area (Å²) in [5.41, 5.74) is 1.95. The second-order valence-corrected chi connectivity index (χ2v) is 6.07. The molecule has 28 heavy (non-hydrogen) atoms. The van der Waals surface area contributed by atoms with Gasteiger partial charge in [-0.3, -0.25) is 9.59 Å². The molecule has 0 atom stereocenters. The van der Waals surface area contributed by atoms with Crippen LogP contribution in [0.5, 0.6) is 11.5 Å². The Kier molecular flexibility index (Phi) is 8.59. The zero-order valence-electron chi connectivity index (χ0n) is 16.2. The topological polar surface area (TPSA) is 76.7 Å². The standard InChI is InChI=1S/C22H26N2O4/c1-27-19-11-8-18(16-20(19)28-2)10-13-22(26)24-15-14-23-21(25)12-9-17-6-4-3-5-7-17/h3-9,11-12,16H,10,13-15H2,1-2H3,(H,23,25)(H,24,26)/b12-9+. The third-order valence-electron chi connectivity index (χ3n) is 4.06. The second-order valence-electron chi connectivity index (χ2n) is 6.07. The second kappa shape index (κ2) is 11.4. The first-order valence-corrected chi connectivity index (χ1v) is 9.11. The number of amides is 2. The minimum Gasteiger partial charge on any atom is -0.493 e. The number of carbonyl (C=O) groups excluding carboxylic acids is 2. The Bertz CT molecular complexity index is 803. The molecule has 0 saturated carbocycles. The zero-order valence-corrected chi connectivity index (χ0v) is 16.2. The van der Waals surface area contributed by atoms with E-state index in [2.05, 4.69) is 10.6 Å². The van der Waals surface area contributed by atoms with E-state index >= 15 is 0 Å². The fourth-order valence-corrected chi connectivity index (χ4v) is 2.57.